The number of unbranched alkanes of at least 4 members (excludes halogenated alkanes) is 2. The fourth-order valence-corrected chi connectivity index (χ4v) is 1.91. The summed E-state index contributed by atoms with van der Waals surface area (Å²) in [5.41, 5.74) is 1.47. The fraction of sp³-hybridized carbons (Fsp3) is 0.333. The second-order valence-electron chi connectivity index (χ2n) is 4.46. The van der Waals surface area contributed by atoms with E-state index >= 15 is 0 Å². The predicted molar refractivity (Wildman–Crippen MR) is 75.0 cm³/mol. The van der Waals surface area contributed by atoms with Gasteiger partial charge in [-0.3, -0.25) is 9.78 Å². The maximum Gasteiger partial charge on any atom is 0.252 e. The van der Waals surface area contributed by atoms with Gasteiger partial charge in [0.1, 0.15) is 0 Å². The van der Waals surface area contributed by atoms with Gasteiger partial charge in [-0.1, -0.05) is 18.2 Å². The highest BCUT2D eigenvalue weighted by Crippen LogP contribution is 2.12. The number of aromatic nitrogens is 1. The molecule has 0 aliphatic rings. The summed E-state index contributed by atoms with van der Waals surface area (Å²) in [6, 6.07) is 9.58. The molecule has 0 aliphatic heterocycles. The Morgan fingerprint density at radius 1 is 1.21 bits per heavy atom. The molecule has 1 heterocycles. The number of aliphatic hydroxyl groups is 1. The van der Waals surface area contributed by atoms with Crippen LogP contribution in [0.2, 0.25) is 0 Å². The minimum absolute atomic E-state index is 0.0951. The van der Waals surface area contributed by atoms with E-state index < -0.39 is 0 Å². The number of carbonyl (C=O) groups excluding carboxylic acids is 1. The molecule has 2 aromatic rings. The molecule has 0 atom stereocenters. The van der Waals surface area contributed by atoms with Gasteiger partial charge in [0.2, 0.25) is 0 Å². The summed E-state index contributed by atoms with van der Waals surface area (Å²) in [6.45, 7) is 0.841. The second kappa shape index (κ2) is 6.85. The van der Waals surface area contributed by atoms with Crippen LogP contribution in [-0.4, -0.2) is 29.1 Å². The molecule has 2 rings (SSSR count). The summed E-state index contributed by atoms with van der Waals surface area (Å²) in [6.07, 6.45) is 4.19. The molecule has 0 saturated heterocycles. The van der Waals surface area contributed by atoms with E-state index in [9.17, 15) is 4.79 Å². The van der Waals surface area contributed by atoms with Gasteiger partial charge in [0, 0.05) is 24.7 Å². The zero-order valence-electron chi connectivity index (χ0n) is 10.8. The second-order valence-corrected chi connectivity index (χ2v) is 4.46. The molecule has 0 bridgehead atoms. The number of para-hydroxylation sites is 1. The first-order chi connectivity index (χ1) is 9.31. The Hall–Kier alpha value is -1.94. The molecule has 2 N–H and O–H groups in total. The molecule has 0 radical (unpaired) electrons. The number of aliphatic hydroxyl groups excluding tert-OH is 1. The average molecular weight is 258 g/mol. The maximum absolute atomic E-state index is 11.9. The van der Waals surface area contributed by atoms with Crippen LogP contribution in [0.1, 0.15) is 29.6 Å². The van der Waals surface area contributed by atoms with Crippen LogP contribution in [0.25, 0.3) is 10.9 Å². The van der Waals surface area contributed by atoms with Crippen LogP contribution in [0.5, 0.6) is 0 Å². The third-order valence-electron chi connectivity index (χ3n) is 2.97. The zero-order chi connectivity index (χ0) is 13.5. The normalized spacial score (nSPS) is 10.6. The molecule has 19 heavy (non-hydrogen) atoms. The first-order valence-electron chi connectivity index (χ1n) is 6.55. The van der Waals surface area contributed by atoms with E-state index in [1.165, 1.54) is 0 Å². The lowest BCUT2D eigenvalue weighted by molar-refractivity contribution is 0.0952. The number of nitrogens with one attached hydrogen (secondary N) is 1. The first kappa shape index (κ1) is 13.5. The van der Waals surface area contributed by atoms with Gasteiger partial charge >= 0.3 is 0 Å². The number of benzene rings is 1. The summed E-state index contributed by atoms with van der Waals surface area (Å²) < 4.78 is 0. The molecule has 1 amide bonds. The Kier molecular flexibility index (Phi) is 4.86. The summed E-state index contributed by atoms with van der Waals surface area (Å²) in [5.74, 6) is -0.0951. The van der Waals surface area contributed by atoms with Gasteiger partial charge in [-0.15, -0.1) is 0 Å². The highest BCUT2D eigenvalue weighted by Gasteiger charge is 2.06. The zero-order valence-corrected chi connectivity index (χ0v) is 10.8. The molecule has 4 nitrogen and oxygen atoms in total. The molecule has 0 aliphatic carbocycles. The van der Waals surface area contributed by atoms with Gasteiger partial charge in [0.25, 0.3) is 5.91 Å². The van der Waals surface area contributed by atoms with E-state index in [1.54, 1.807) is 6.20 Å². The van der Waals surface area contributed by atoms with Crippen LogP contribution >= 0.6 is 0 Å². The summed E-state index contributed by atoms with van der Waals surface area (Å²) in [5, 5.41) is 12.5. The van der Waals surface area contributed by atoms with Crippen LogP contribution in [0.15, 0.2) is 36.5 Å². The molecule has 0 unspecified atom stereocenters. The van der Waals surface area contributed by atoms with Crippen LogP contribution in [0.3, 0.4) is 0 Å². The molecule has 1 aromatic heterocycles. The molecule has 0 spiro atoms. The number of rotatable bonds is 6. The molecule has 100 valence electrons. The third kappa shape index (κ3) is 3.76. The van der Waals surface area contributed by atoms with Gasteiger partial charge in [-0.2, -0.15) is 0 Å². The van der Waals surface area contributed by atoms with Crippen molar-refractivity contribution >= 4 is 16.8 Å². The number of nitrogens with zero attached hydrogens (tertiary/aromatic N) is 1. The smallest absolute Gasteiger partial charge is 0.252 e. The highest BCUT2D eigenvalue weighted by molar-refractivity contribution is 5.97. The van der Waals surface area contributed by atoms with Crippen LogP contribution < -0.4 is 5.32 Å². The lowest BCUT2D eigenvalue weighted by Crippen LogP contribution is -2.24. The number of amides is 1. The summed E-state index contributed by atoms with van der Waals surface area (Å²) >= 11 is 0. The van der Waals surface area contributed by atoms with Crippen molar-refractivity contribution in [1.82, 2.24) is 10.3 Å². The van der Waals surface area contributed by atoms with Crippen molar-refractivity contribution in [3.63, 3.8) is 0 Å². The Morgan fingerprint density at radius 3 is 2.89 bits per heavy atom. The number of pyridine rings is 1. The largest absolute Gasteiger partial charge is 0.396 e. The Balaban J connectivity index is 1.93. The minimum Gasteiger partial charge on any atom is -0.396 e. The lowest BCUT2D eigenvalue weighted by atomic mass is 10.1. The lowest BCUT2D eigenvalue weighted by Gasteiger charge is -2.05. The Bertz CT molecular complexity index is 555. The van der Waals surface area contributed by atoms with Crippen LogP contribution in [-0.2, 0) is 0 Å². The van der Waals surface area contributed by atoms with Crippen molar-refractivity contribution in [2.45, 2.75) is 19.3 Å². The fourth-order valence-electron chi connectivity index (χ4n) is 1.91. The molecule has 1 aromatic carbocycles. The van der Waals surface area contributed by atoms with Gasteiger partial charge in [-0.05, 0) is 31.4 Å². The summed E-state index contributed by atoms with van der Waals surface area (Å²) in [7, 11) is 0. The van der Waals surface area contributed by atoms with Crippen molar-refractivity contribution in [2.24, 2.45) is 0 Å². The van der Waals surface area contributed by atoms with Gasteiger partial charge in [-0.25, -0.2) is 0 Å². The predicted octanol–water partition coefficient (Wildman–Crippen LogP) is 2.13. The van der Waals surface area contributed by atoms with Crippen LogP contribution in [0.4, 0.5) is 0 Å². The first-order valence-corrected chi connectivity index (χ1v) is 6.55. The van der Waals surface area contributed by atoms with Crippen LogP contribution in [0, 0.1) is 0 Å². The molecule has 4 heteroatoms. The Labute approximate surface area is 112 Å². The highest BCUT2D eigenvalue weighted by atomic mass is 16.2. The maximum atomic E-state index is 11.9. The molecule has 0 saturated carbocycles. The molecular formula is C15H18N2O2. The average Bonchev–Trinajstić information content (AvgIpc) is 2.46. The van der Waals surface area contributed by atoms with Gasteiger partial charge < -0.3 is 10.4 Å². The van der Waals surface area contributed by atoms with E-state index in [2.05, 4.69) is 10.3 Å². The van der Waals surface area contributed by atoms with Gasteiger partial charge in [0.05, 0.1) is 11.1 Å². The SMILES string of the molecule is O=C(NCCCCCO)c1cnc2ccccc2c1. The van der Waals surface area contributed by atoms with Crippen molar-refractivity contribution in [1.29, 1.82) is 0 Å². The standard InChI is InChI=1S/C15H18N2O2/c18-9-5-1-4-8-16-15(19)13-10-12-6-2-3-7-14(12)17-11-13/h2-3,6-7,10-11,18H,1,4-5,8-9H2,(H,16,19). The quantitative estimate of drug-likeness (QED) is 0.780. The number of hydrogen-bond donors (Lipinski definition) is 2. The molecule has 0 fully saturated rings. The van der Waals surface area contributed by atoms with Crippen molar-refractivity contribution in [3.8, 4) is 0 Å². The van der Waals surface area contributed by atoms with E-state index in [0.29, 0.717) is 12.1 Å². The number of hydrogen-bond acceptors (Lipinski definition) is 3. The van der Waals surface area contributed by atoms with Crippen molar-refractivity contribution in [2.75, 3.05) is 13.2 Å². The van der Waals surface area contributed by atoms with E-state index in [1.807, 2.05) is 30.3 Å². The van der Waals surface area contributed by atoms with E-state index in [0.717, 1.165) is 30.2 Å². The number of fused-ring (bicyclic) bond motifs is 1. The Morgan fingerprint density at radius 2 is 2.05 bits per heavy atom. The monoisotopic (exact) mass is 258 g/mol. The van der Waals surface area contributed by atoms with Crippen molar-refractivity contribution < 1.29 is 9.90 Å². The third-order valence-corrected chi connectivity index (χ3v) is 2.97. The van der Waals surface area contributed by atoms with Gasteiger partial charge in [0.15, 0.2) is 0 Å². The number of carbonyl (C=O) groups is 1. The topological polar surface area (TPSA) is 62.2 Å². The van der Waals surface area contributed by atoms with E-state index in [4.69, 9.17) is 5.11 Å². The van der Waals surface area contributed by atoms with E-state index in [-0.39, 0.29) is 12.5 Å². The molecular weight excluding hydrogens is 240 g/mol. The van der Waals surface area contributed by atoms with Crippen molar-refractivity contribution in [3.05, 3.63) is 42.1 Å². The summed E-state index contributed by atoms with van der Waals surface area (Å²) in [4.78, 5) is 16.2. The minimum atomic E-state index is -0.0951.